The van der Waals surface area contributed by atoms with Crippen LogP contribution in [0.15, 0.2) is 24.3 Å². The molecular weight excluding hydrogens is 256 g/mol. The van der Waals surface area contributed by atoms with Crippen molar-refractivity contribution in [2.24, 2.45) is 5.73 Å². The highest BCUT2D eigenvalue weighted by atomic mass is 16.5. The molecule has 20 heavy (non-hydrogen) atoms. The van der Waals surface area contributed by atoms with Crippen LogP contribution in [0.25, 0.3) is 0 Å². The number of rotatable bonds is 7. The first-order valence-electron chi connectivity index (χ1n) is 7.18. The predicted octanol–water partition coefficient (Wildman–Crippen LogP) is 0.260. The predicted molar refractivity (Wildman–Crippen MR) is 78.0 cm³/mol. The molecule has 112 valence electrons. The van der Waals surface area contributed by atoms with Crippen LogP contribution in [0.3, 0.4) is 0 Å². The Morgan fingerprint density at radius 2 is 2.15 bits per heavy atom. The summed E-state index contributed by atoms with van der Waals surface area (Å²) in [5, 5.41) is 9.09. The van der Waals surface area contributed by atoms with Crippen LogP contribution >= 0.6 is 0 Å². The van der Waals surface area contributed by atoms with E-state index in [9.17, 15) is 0 Å². The van der Waals surface area contributed by atoms with Crippen molar-refractivity contribution in [3.8, 4) is 5.75 Å². The van der Waals surface area contributed by atoms with E-state index in [1.807, 2.05) is 12.1 Å². The van der Waals surface area contributed by atoms with E-state index in [0.717, 1.165) is 31.8 Å². The van der Waals surface area contributed by atoms with Crippen molar-refractivity contribution in [2.45, 2.75) is 12.5 Å². The zero-order valence-corrected chi connectivity index (χ0v) is 11.8. The monoisotopic (exact) mass is 280 g/mol. The van der Waals surface area contributed by atoms with Crippen LogP contribution in [0, 0.1) is 0 Å². The Labute approximate surface area is 120 Å². The summed E-state index contributed by atoms with van der Waals surface area (Å²) in [5.74, 6) is 0.887. The van der Waals surface area contributed by atoms with Crippen molar-refractivity contribution in [3.05, 3.63) is 29.8 Å². The topological polar surface area (TPSA) is 68.0 Å². The standard InChI is InChI=1S/C15H24N2O3/c16-6-5-13-1-3-14(4-2-13)19-9-7-17-8-10-20-15(11-17)12-18/h1-4,15,18H,5-12,16H2. The molecule has 5 heteroatoms. The first kappa shape index (κ1) is 15.3. The summed E-state index contributed by atoms with van der Waals surface area (Å²) < 4.78 is 11.1. The van der Waals surface area contributed by atoms with Crippen LogP contribution in [0.2, 0.25) is 0 Å². The summed E-state index contributed by atoms with van der Waals surface area (Å²) in [6.45, 7) is 4.60. The number of benzene rings is 1. The molecule has 0 amide bonds. The molecule has 1 aromatic rings. The summed E-state index contributed by atoms with van der Waals surface area (Å²) >= 11 is 0. The van der Waals surface area contributed by atoms with Gasteiger partial charge >= 0.3 is 0 Å². The van der Waals surface area contributed by atoms with Gasteiger partial charge in [0.15, 0.2) is 0 Å². The number of ether oxygens (including phenoxy) is 2. The third-order valence-corrected chi connectivity index (χ3v) is 3.46. The molecule has 0 spiro atoms. The van der Waals surface area contributed by atoms with Gasteiger partial charge in [0.05, 0.1) is 19.3 Å². The van der Waals surface area contributed by atoms with E-state index in [1.54, 1.807) is 0 Å². The number of aliphatic hydroxyl groups is 1. The molecule has 5 nitrogen and oxygen atoms in total. The van der Waals surface area contributed by atoms with Gasteiger partial charge in [0.25, 0.3) is 0 Å². The second-order valence-electron chi connectivity index (χ2n) is 5.01. The summed E-state index contributed by atoms with van der Waals surface area (Å²) in [7, 11) is 0. The van der Waals surface area contributed by atoms with Gasteiger partial charge in [0, 0.05) is 19.6 Å². The lowest BCUT2D eigenvalue weighted by molar-refractivity contribution is -0.0547. The average molecular weight is 280 g/mol. The third kappa shape index (κ3) is 4.76. The third-order valence-electron chi connectivity index (χ3n) is 3.46. The van der Waals surface area contributed by atoms with Crippen LogP contribution in [-0.4, -0.2) is 62.1 Å². The molecule has 1 aliphatic rings. The fraction of sp³-hybridized carbons (Fsp3) is 0.600. The SMILES string of the molecule is NCCc1ccc(OCCN2CCOC(CO)C2)cc1. The molecule has 2 rings (SSSR count). The zero-order chi connectivity index (χ0) is 14.2. The Kier molecular flexibility index (Phi) is 6.26. The van der Waals surface area contributed by atoms with Crippen molar-refractivity contribution in [2.75, 3.05) is 46.0 Å². The highest BCUT2D eigenvalue weighted by molar-refractivity contribution is 5.27. The number of nitrogens with two attached hydrogens (primary N) is 1. The molecule has 0 aromatic heterocycles. The van der Waals surface area contributed by atoms with E-state index in [-0.39, 0.29) is 12.7 Å². The van der Waals surface area contributed by atoms with Gasteiger partial charge in [0.1, 0.15) is 12.4 Å². The molecule has 0 radical (unpaired) electrons. The highest BCUT2D eigenvalue weighted by Crippen LogP contribution is 2.12. The van der Waals surface area contributed by atoms with E-state index in [0.29, 0.717) is 19.8 Å². The van der Waals surface area contributed by atoms with E-state index in [2.05, 4.69) is 17.0 Å². The molecule has 1 fully saturated rings. The Morgan fingerprint density at radius 3 is 2.85 bits per heavy atom. The van der Waals surface area contributed by atoms with Gasteiger partial charge in [-0.25, -0.2) is 0 Å². The van der Waals surface area contributed by atoms with Crippen molar-refractivity contribution in [1.82, 2.24) is 4.90 Å². The number of aliphatic hydroxyl groups excluding tert-OH is 1. The number of hydrogen-bond donors (Lipinski definition) is 2. The largest absolute Gasteiger partial charge is 0.492 e. The van der Waals surface area contributed by atoms with E-state index in [1.165, 1.54) is 5.56 Å². The summed E-state index contributed by atoms with van der Waals surface area (Å²) in [6, 6.07) is 8.08. The molecule has 1 heterocycles. The second-order valence-corrected chi connectivity index (χ2v) is 5.01. The molecule has 1 aliphatic heterocycles. The number of morpholine rings is 1. The van der Waals surface area contributed by atoms with Gasteiger partial charge in [-0.1, -0.05) is 12.1 Å². The minimum Gasteiger partial charge on any atom is -0.492 e. The minimum atomic E-state index is -0.0562. The number of hydrogen-bond acceptors (Lipinski definition) is 5. The maximum absolute atomic E-state index is 9.09. The minimum absolute atomic E-state index is 0.0562. The molecular formula is C15H24N2O3. The average Bonchev–Trinajstić information content (AvgIpc) is 2.50. The summed E-state index contributed by atoms with van der Waals surface area (Å²) in [5.41, 5.74) is 6.75. The maximum atomic E-state index is 9.09. The quantitative estimate of drug-likeness (QED) is 0.750. The van der Waals surface area contributed by atoms with E-state index in [4.69, 9.17) is 20.3 Å². The Hall–Kier alpha value is -1.14. The normalized spacial score (nSPS) is 20.0. The van der Waals surface area contributed by atoms with Gasteiger partial charge in [-0.2, -0.15) is 0 Å². The van der Waals surface area contributed by atoms with Gasteiger partial charge in [-0.3, -0.25) is 4.90 Å². The van der Waals surface area contributed by atoms with Crippen molar-refractivity contribution in [1.29, 1.82) is 0 Å². The second kappa shape index (κ2) is 8.21. The molecule has 0 bridgehead atoms. The lowest BCUT2D eigenvalue weighted by Crippen LogP contribution is -2.45. The van der Waals surface area contributed by atoms with E-state index < -0.39 is 0 Å². The first-order chi connectivity index (χ1) is 9.81. The van der Waals surface area contributed by atoms with Crippen LogP contribution in [-0.2, 0) is 11.2 Å². The fourth-order valence-corrected chi connectivity index (χ4v) is 2.31. The van der Waals surface area contributed by atoms with Crippen LogP contribution in [0.1, 0.15) is 5.56 Å². The Morgan fingerprint density at radius 1 is 1.35 bits per heavy atom. The van der Waals surface area contributed by atoms with Crippen LogP contribution < -0.4 is 10.5 Å². The molecule has 1 atom stereocenters. The van der Waals surface area contributed by atoms with E-state index >= 15 is 0 Å². The Bertz CT molecular complexity index is 383. The molecule has 1 aromatic carbocycles. The fourth-order valence-electron chi connectivity index (χ4n) is 2.31. The molecule has 1 unspecified atom stereocenters. The molecule has 0 aliphatic carbocycles. The van der Waals surface area contributed by atoms with Gasteiger partial charge in [-0.05, 0) is 30.7 Å². The number of nitrogens with zero attached hydrogens (tertiary/aromatic N) is 1. The summed E-state index contributed by atoms with van der Waals surface area (Å²) in [6.07, 6.45) is 0.843. The van der Waals surface area contributed by atoms with Crippen molar-refractivity contribution >= 4 is 0 Å². The van der Waals surface area contributed by atoms with Crippen LogP contribution in [0.4, 0.5) is 0 Å². The molecule has 0 saturated carbocycles. The highest BCUT2D eigenvalue weighted by Gasteiger charge is 2.19. The molecule has 3 N–H and O–H groups in total. The lowest BCUT2D eigenvalue weighted by atomic mass is 10.1. The summed E-state index contributed by atoms with van der Waals surface area (Å²) in [4.78, 5) is 2.26. The van der Waals surface area contributed by atoms with Gasteiger partial charge in [-0.15, -0.1) is 0 Å². The maximum Gasteiger partial charge on any atom is 0.119 e. The van der Waals surface area contributed by atoms with Gasteiger partial charge in [0.2, 0.25) is 0 Å². The van der Waals surface area contributed by atoms with Crippen molar-refractivity contribution < 1.29 is 14.6 Å². The zero-order valence-electron chi connectivity index (χ0n) is 11.8. The first-order valence-corrected chi connectivity index (χ1v) is 7.18. The Balaban J connectivity index is 1.69. The smallest absolute Gasteiger partial charge is 0.119 e. The molecule has 1 saturated heterocycles. The lowest BCUT2D eigenvalue weighted by Gasteiger charge is -2.31. The van der Waals surface area contributed by atoms with Gasteiger partial charge < -0.3 is 20.3 Å². The van der Waals surface area contributed by atoms with Crippen LogP contribution in [0.5, 0.6) is 5.75 Å². The van der Waals surface area contributed by atoms with Crippen molar-refractivity contribution in [3.63, 3.8) is 0 Å².